The molecule has 1 unspecified atom stereocenters. The number of esters is 1. The fourth-order valence-corrected chi connectivity index (χ4v) is 1.75. The molecule has 0 heterocycles. The molecule has 0 spiro atoms. The summed E-state index contributed by atoms with van der Waals surface area (Å²) in [5.74, 6) is -0.997. The molecule has 138 valence electrons. The van der Waals surface area contributed by atoms with Crippen molar-refractivity contribution in [3.63, 3.8) is 0 Å². The lowest BCUT2D eigenvalue weighted by Crippen LogP contribution is -2.21. The lowest BCUT2D eigenvalue weighted by atomic mass is 10.1. The third-order valence-electron chi connectivity index (χ3n) is 3.10. The van der Waals surface area contributed by atoms with Gasteiger partial charge in [0.25, 0.3) is 0 Å². The first kappa shape index (κ1) is 24.1. The van der Waals surface area contributed by atoms with E-state index < -0.39 is 12.1 Å². The van der Waals surface area contributed by atoms with Crippen molar-refractivity contribution < 1.29 is 29.6 Å². The standard InChI is InChI=1S/C10H20O2.C7H14O4/c1-2-3-4-5-6-7-8-9-10(11)12;1-2-3-7(10)11-5-6(9)4-8/h2-9H2,1H3,(H,11,12);6,8-9H,2-5H2,1H3. The van der Waals surface area contributed by atoms with Crippen molar-refractivity contribution in [2.24, 2.45) is 0 Å². The minimum Gasteiger partial charge on any atom is -0.481 e. The van der Waals surface area contributed by atoms with Gasteiger partial charge in [0.1, 0.15) is 12.7 Å². The van der Waals surface area contributed by atoms with E-state index in [-0.39, 0.29) is 19.2 Å². The summed E-state index contributed by atoms with van der Waals surface area (Å²) in [7, 11) is 0. The first-order valence-corrected chi connectivity index (χ1v) is 8.64. The lowest BCUT2D eigenvalue weighted by Gasteiger charge is -2.07. The van der Waals surface area contributed by atoms with Gasteiger partial charge in [0, 0.05) is 12.8 Å². The molecule has 0 saturated carbocycles. The Morgan fingerprint density at radius 3 is 1.96 bits per heavy atom. The third-order valence-corrected chi connectivity index (χ3v) is 3.10. The highest BCUT2D eigenvalue weighted by Gasteiger charge is 2.05. The fourth-order valence-electron chi connectivity index (χ4n) is 1.75. The molecule has 0 aliphatic heterocycles. The smallest absolute Gasteiger partial charge is 0.305 e. The number of carbonyl (C=O) groups excluding carboxylic acids is 1. The van der Waals surface area contributed by atoms with Crippen LogP contribution in [0.5, 0.6) is 0 Å². The molecule has 0 radical (unpaired) electrons. The van der Waals surface area contributed by atoms with Crippen molar-refractivity contribution in [1.82, 2.24) is 0 Å². The minimum atomic E-state index is -0.948. The Labute approximate surface area is 139 Å². The Hall–Kier alpha value is -1.14. The second-order valence-corrected chi connectivity index (χ2v) is 5.53. The van der Waals surface area contributed by atoms with Gasteiger partial charge in [-0.3, -0.25) is 9.59 Å². The second-order valence-electron chi connectivity index (χ2n) is 5.53. The maximum absolute atomic E-state index is 10.6. The van der Waals surface area contributed by atoms with E-state index in [0.717, 1.165) is 19.3 Å². The normalized spacial score (nSPS) is 11.3. The van der Waals surface area contributed by atoms with Gasteiger partial charge in [0.15, 0.2) is 0 Å². The molecule has 0 aliphatic rings. The van der Waals surface area contributed by atoms with Crippen LogP contribution < -0.4 is 0 Å². The molecular weight excluding hydrogens is 300 g/mol. The van der Waals surface area contributed by atoms with Crippen LogP contribution in [0.15, 0.2) is 0 Å². The van der Waals surface area contributed by atoms with E-state index in [1.54, 1.807) is 0 Å². The highest BCUT2D eigenvalue weighted by Crippen LogP contribution is 2.07. The van der Waals surface area contributed by atoms with Gasteiger partial charge in [0.2, 0.25) is 0 Å². The van der Waals surface area contributed by atoms with Crippen molar-refractivity contribution in [3.8, 4) is 0 Å². The van der Waals surface area contributed by atoms with Crippen molar-refractivity contribution in [2.45, 2.75) is 84.2 Å². The molecule has 0 amide bonds. The van der Waals surface area contributed by atoms with Gasteiger partial charge in [-0.05, 0) is 12.8 Å². The summed E-state index contributed by atoms with van der Waals surface area (Å²) in [4.78, 5) is 20.8. The van der Waals surface area contributed by atoms with Crippen molar-refractivity contribution in [2.75, 3.05) is 13.2 Å². The van der Waals surface area contributed by atoms with E-state index >= 15 is 0 Å². The van der Waals surface area contributed by atoms with E-state index in [9.17, 15) is 9.59 Å². The average molecular weight is 334 g/mol. The van der Waals surface area contributed by atoms with Crippen molar-refractivity contribution in [3.05, 3.63) is 0 Å². The largest absolute Gasteiger partial charge is 0.481 e. The van der Waals surface area contributed by atoms with Gasteiger partial charge in [0.05, 0.1) is 6.61 Å². The minimum absolute atomic E-state index is 0.116. The molecule has 6 heteroatoms. The van der Waals surface area contributed by atoms with E-state index in [1.165, 1.54) is 32.1 Å². The van der Waals surface area contributed by atoms with Crippen molar-refractivity contribution >= 4 is 11.9 Å². The van der Waals surface area contributed by atoms with Gasteiger partial charge >= 0.3 is 11.9 Å². The molecule has 23 heavy (non-hydrogen) atoms. The van der Waals surface area contributed by atoms with E-state index in [2.05, 4.69) is 11.7 Å². The van der Waals surface area contributed by atoms with Crippen LogP contribution in [0.25, 0.3) is 0 Å². The van der Waals surface area contributed by atoms with Crippen LogP contribution in [0, 0.1) is 0 Å². The molecule has 0 fully saturated rings. The van der Waals surface area contributed by atoms with Gasteiger partial charge in [-0.2, -0.15) is 0 Å². The molecule has 0 aromatic heterocycles. The molecule has 0 aromatic rings. The zero-order valence-corrected chi connectivity index (χ0v) is 14.6. The highest BCUT2D eigenvalue weighted by atomic mass is 16.5. The lowest BCUT2D eigenvalue weighted by molar-refractivity contribution is -0.147. The molecule has 0 aliphatic carbocycles. The quantitative estimate of drug-likeness (QED) is 0.353. The molecule has 6 nitrogen and oxygen atoms in total. The number of hydrogen-bond acceptors (Lipinski definition) is 5. The van der Waals surface area contributed by atoms with Crippen LogP contribution in [0.2, 0.25) is 0 Å². The summed E-state index contributed by atoms with van der Waals surface area (Å²) in [5, 5.41) is 25.4. The summed E-state index contributed by atoms with van der Waals surface area (Å²) >= 11 is 0. The van der Waals surface area contributed by atoms with Crippen molar-refractivity contribution in [1.29, 1.82) is 0 Å². The summed E-state index contributed by atoms with van der Waals surface area (Å²) in [6.45, 7) is 3.57. The molecule has 1 atom stereocenters. The van der Waals surface area contributed by atoms with E-state index in [0.29, 0.717) is 12.8 Å². The van der Waals surface area contributed by atoms with Gasteiger partial charge < -0.3 is 20.1 Å². The van der Waals surface area contributed by atoms with Crippen LogP contribution >= 0.6 is 0 Å². The number of aliphatic hydroxyl groups is 2. The van der Waals surface area contributed by atoms with Crippen LogP contribution in [0.4, 0.5) is 0 Å². The number of carboxylic acid groups (broad SMARTS) is 1. The number of aliphatic carboxylic acids is 1. The maximum atomic E-state index is 10.6. The van der Waals surface area contributed by atoms with Gasteiger partial charge in [-0.25, -0.2) is 0 Å². The van der Waals surface area contributed by atoms with Crippen LogP contribution in [0.1, 0.15) is 78.1 Å². The van der Waals surface area contributed by atoms with Crippen LogP contribution in [-0.2, 0) is 14.3 Å². The molecule has 0 rings (SSSR count). The molecular formula is C17H34O6. The second kappa shape index (κ2) is 18.9. The Morgan fingerprint density at radius 2 is 1.48 bits per heavy atom. The van der Waals surface area contributed by atoms with Gasteiger partial charge in [-0.1, -0.05) is 52.4 Å². The number of aliphatic hydroxyl groups excluding tert-OH is 2. The first-order chi connectivity index (χ1) is 11.0. The number of unbranched alkanes of at least 4 members (excludes halogenated alkanes) is 6. The fraction of sp³-hybridized carbons (Fsp3) is 0.882. The molecule has 3 N–H and O–H groups in total. The number of hydrogen-bond donors (Lipinski definition) is 3. The zero-order valence-electron chi connectivity index (χ0n) is 14.6. The maximum Gasteiger partial charge on any atom is 0.305 e. The summed E-state index contributed by atoms with van der Waals surface area (Å²) in [6, 6.07) is 0. The number of carbonyl (C=O) groups is 2. The Morgan fingerprint density at radius 1 is 0.913 bits per heavy atom. The predicted molar refractivity (Wildman–Crippen MR) is 89.2 cm³/mol. The molecule has 0 saturated heterocycles. The molecule has 0 bridgehead atoms. The monoisotopic (exact) mass is 334 g/mol. The topological polar surface area (TPSA) is 104 Å². The van der Waals surface area contributed by atoms with E-state index in [4.69, 9.17) is 15.3 Å². The van der Waals surface area contributed by atoms with Gasteiger partial charge in [-0.15, -0.1) is 0 Å². The van der Waals surface area contributed by atoms with Crippen LogP contribution in [-0.4, -0.2) is 46.6 Å². The third kappa shape index (κ3) is 23.3. The predicted octanol–water partition coefficient (Wildman–Crippen LogP) is 2.89. The summed E-state index contributed by atoms with van der Waals surface area (Å²) in [5.41, 5.74) is 0. The Kier molecular flexibility index (Phi) is 19.8. The Bertz CT molecular complexity index is 280. The highest BCUT2D eigenvalue weighted by molar-refractivity contribution is 5.69. The number of rotatable bonds is 13. The number of ether oxygens (including phenoxy) is 1. The molecule has 0 aromatic carbocycles. The average Bonchev–Trinajstić information content (AvgIpc) is 2.52. The SMILES string of the molecule is CCCC(=O)OCC(O)CO.CCCCCCCCCC(=O)O. The zero-order chi connectivity index (χ0) is 17.9. The van der Waals surface area contributed by atoms with E-state index in [1.807, 2.05) is 6.92 Å². The van der Waals surface area contributed by atoms with Crippen LogP contribution in [0.3, 0.4) is 0 Å². The summed E-state index contributed by atoms with van der Waals surface area (Å²) in [6.07, 6.45) is 8.78. The summed E-state index contributed by atoms with van der Waals surface area (Å²) < 4.78 is 4.59. The first-order valence-electron chi connectivity index (χ1n) is 8.64. The Balaban J connectivity index is 0. The number of carboxylic acids is 1.